The number of halogens is 1. The van der Waals surface area contributed by atoms with Crippen molar-refractivity contribution in [1.29, 1.82) is 0 Å². The van der Waals surface area contributed by atoms with Crippen LogP contribution in [-0.2, 0) is 13.2 Å². The van der Waals surface area contributed by atoms with Gasteiger partial charge in [-0.25, -0.2) is 0 Å². The molecule has 0 bridgehead atoms. The number of amides is 1. The summed E-state index contributed by atoms with van der Waals surface area (Å²) in [5.41, 5.74) is 2.16. The summed E-state index contributed by atoms with van der Waals surface area (Å²) >= 11 is 5.87. The zero-order chi connectivity index (χ0) is 15.2. The lowest BCUT2D eigenvalue weighted by atomic mass is 10.1. The molecule has 1 amide bonds. The summed E-state index contributed by atoms with van der Waals surface area (Å²) in [6.45, 7) is 0.352. The Hall–Kier alpha value is -2.04. The van der Waals surface area contributed by atoms with Crippen molar-refractivity contribution < 1.29 is 14.6 Å². The Morgan fingerprint density at radius 1 is 1.24 bits per heavy atom. The minimum absolute atomic E-state index is 0.0210. The lowest BCUT2D eigenvalue weighted by Gasteiger charge is -2.10. The highest BCUT2D eigenvalue weighted by atomic mass is 35.5. The molecule has 0 radical (unpaired) electrons. The van der Waals surface area contributed by atoms with Crippen LogP contribution in [-0.4, -0.2) is 18.1 Å². The maximum Gasteiger partial charge on any atom is 0.255 e. The molecular weight excluding hydrogens is 290 g/mol. The predicted molar refractivity (Wildman–Crippen MR) is 81.5 cm³/mol. The molecule has 0 atom stereocenters. The van der Waals surface area contributed by atoms with Crippen molar-refractivity contribution >= 4 is 17.5 Å². The number of aliphatic hydroxyl groups is 1. The quantitative estimate of drug-likeness (QED) is 0.893. The highest BCUT2D eigenvalue weighted by Gasteiger charge is 2.12. The number of hydrogen-bond donors (Lipinski definition) is 2. The van der Waals surface area contributed by atoms with E-state index in [1.807, 2.05) is 24.3 Å². The van der Waals surface area contributed by atoms with Crippen LogP contribution in [0.25, 0.3) is 0 Å². The average Bonchev–Trinajstić information content (AvgIpc) is 2.52. The Morgan fingerprint density at radius 3 is 2.71 bits per heavy atom. The van der Waals surface area contributed by atoms with Crippen molar-refractivity contribution in [2.45, 2.75) is 13.2 Å². The van der Waals surface area contributed by atoms with Crippen molar-refractivity contribution in [3.05, 3.63) is 64.2 Å². The number of rotatable bonds is 5. The van der Waals surface area contributed by atoms with E-state index in [0.717, 1.165) is 11.1 Å². The van der Waals surface area contributed by atoms with Crippen LogP contribution in [0.15, 0.2) is 42.5 Å². The predicted octanol–water partition coefficient (Wildman–Crippen LogP) is 2.77. The number of ether oxygens (including phenoxy) is 1. The average molecular weight is 306 g/mol. The molecule has 0 aliphatic heterocycles. The fraction of sp³-hybridized carbons (Fsp3) is 0.188. The Kier molecular flexibility index (Phi) is 5.20. The smallest absolute Gasteiger partial charge is 0.255 e. The van der Waals surface area contributed by atoms with Gasteiger partial charge in [-0.1, -0.05) is 35.9 Å². The number of carbonyl (C=O) groups excluding carboxylic acids is 1. The second kappa shape index (κ2) is 7.11. The number of methoxy groups -OCH3 is 1. The topological polar surface area (TPSA) is 58.6 Å². The van der Waals surface area contributed by atoms with Gasteiger partial charge >= 0.3 is 0 Å². The van der Waals surface area contributed by atoms with Crippen LogP contribution >= 0.6 is 11.6 Å². The second-order valence-electron chi connectivity index (χ2n) is 4.51. The Bertz CT molecular complexity index is 643. The standard InChI is InChI=1S/C16H16ClNO3/c1-21-15-8-13(17)5-6-14(15)16(20)18-9-11-3-2-4-12(7-11)10-19/h2-8,19H,9-10H2,1H3,(H,18,20). The molecule has 5 heteroatoms. The molecule has 4 nitrogen and oxygen atoms in total. The SMILES string of the molecule is COc1cc(Cl)ccc1C(=O)NCc1cccc(CO)c1. The second-order valence-corrected chi connectivity index (χ2v) is 4.94. The van der Waals surface area contributed by atoms with Gasteiger partial charge in [-0.05, 0) is 29.3 Å². The van der Waals surface area contributed by atoms with E-state index in [2.05, 4.69) is 5.32 Å². The fourth-order valence-electron chi connectivity index (χ4n) is 1.97. The lowest BCUT2D eigenvalue weighted by molar-refractivity contribution is 0.0948. The first-order valence-corrected chi connectivity index (χ1v) is 6.82. The number of aliphatic hydroxyl groups excluding tert-OH is 1. The van der Waals surface area contributed by atoms with Crippen LogP contribution in [0.5, 0.6) is 5.75 Å². The number of benzene rings is 2. The van der Waals surface area contributed by atoms with Crippen LogP contribution in [0.4, 0.5) is 0 Å². The van der Waals surface area contributed by atoms with Gasteiger partial charge in [0.1, 0.15) is 5.75 Å². The molecule has 0 aromatic heterocycles. The molecule has 0 spiro atoms. The molecule has 0 saturated heterocycles. The largest absolute Gasteiger partial charge is 0.496 e. The zero-order valence-corrected chi connectivity index (χ0v) is 12.4. The summed E-state index contributed by atoms with van der Waals surface area (Å²) in [5, 5.41) is 12.4. The van der Waals surface area contributed by atoms with E-state index in [9.17, 15) is 4.79 Å². The minimum Gasteiger partial charge on any atom is -0.496 e. The molecule has 0 aliphatic carbocycles. The van der Waals surface area contributed by atoms with E-state index in [0.29, 0.717) is 22.9 Å². The van der Waals surface area contributed by atoms with Crippen LogP contribution in [0.2, 0.25) is 5.02 Å². The molecule has 2 aromatic rings. The van der Waals surface area contributed by atoms with E-state index in [1.54, 1.807) is 18.2 Å². The molecule has 2 aromatic carbocycles. The van der Waals surface area contributed by atoms with Gasteiger partial charge in [0.05, 0.1) is 19.3 Å². The van der Waals surface area contributed by atoms with E-state index >= 15 is 0 Å². The minimum atomic E-state index is -0.238. The van der Waals surface area contributed by atoms with Gasteiger partial charge in [-0.3, -0.25) is 4.79 Å². The first-order valence-electron chi connectivity index (χ1n) is 6.44. The highest BCUT2D eigenvalue weighted by molar-refractivity contribution is 6.30. The van der Waals surface area contributed by atoms with Crippen molar-refractivity contribution in [1.82, 2.24) is 5.32 Å². The van der Waals surface area contributed by atoms with Crippen molar-refractivity contribution in [2.75, 3.05) is 7.11 Å². The molecule has 0 aliphatic rings. The Labute approximate surface area is 128 Å². The molecule has 2 N–H and O–H groups in total. The van der Waals surface area contributed by atoms with Crippen LogP contribution in [0.1, 0.15) is 21.5 Å². The lowest BCUT2D eigenvalue weighted by Crippen LogP contribution is -2.23. The first-order chi connectivity index (χ1) is 10.1. The number of hydrogen-bond acceptors (Lipinski definition) is 3. The van der Waals surface area contributed by atoms with Crippen molar-refractivity contribution in [2.24, 2.45) is 0 Å². The summed E-state index contributed by atoms with van der Waals surface area (Å²) in [5.74, 6) is 0.196. The van der Waals surface area contributed by atoms with Gasteiger partial charge in [-0.2, -0.15) is 0 Å². The number of carbonyl (C=O) groups is 1. The molecule has 0 unspecified atom stereocenters. The summed E-state index contributed by atoms with van der Waals surface area (Å²) < 4.78 is 5.16. The first kappa shape index (κ1) is 15.4. The third-order valence-electron chi connectivity index (χ3n) is 3.04. The molecule has 2 rings (SSSR count). The van der Waals surface area contributed by atoms with E-state index in [1.165, 1.54) is 7.11 Å². The van der Waals surface area contributed by atoms with Crippen LogP contribution < -0.4 is 10.1 Å². The summed E-state index contributed by atoms with van der Waals surface area (Å²) in [7, 11) is 1.49. The van der Waals surface area contributed by atoms with Gasteiger partial charge in [0.2, 0.25) is 0 Å². The Morgan fingerprint density at radius 2 is 2.00 bits per heavy atom. The summed E-state index contributed by atoms with van der Waals surface area (Å²) in [6, 6.07) is 12.3. The van der Waals surface area contributed by atoms with Gasteiger partial charge in [0.25, 0.3) is 5.91 Å². The number of nitrogens with one attached hydrogen (secondary N) is 1. The monoisotopic (exact) mass is 305 g/mol. The van der Waals surface area contributed by atoms with Crippen molar-refractivity contribution in [3.63, 3.8) is 0 Å². The molecule has 0 saturated carbocycles. The maximum absolute atomic E-state index is 12.2. The van der Waals surface area contributed by atoms with E-state index < -0.39 is 0 Å². The Balaban J connectivity index is 2.08. The van der Waals surface area contributed by atoms with Gasteiger partial charge < -0.3 is 15.2 Å². The van der Waals surface area contributed by atoms with Crippen LogP contribution in [0.3, 0.4) is 0 Å². The highest BCUT2D eigenvalue weighted by Crippen LogP contribution is 2.23. The van der Waals surface area contributed by atoms with Gasteiger partial charge in [0.15, 0.2) is 0 Å². The van der Waals surface area contributed by atoms with E-state index in [-0.39, 0.29) is 12.5 Å². The summed E-state index contributed by atoms with van der Waals surface area (Å²) in [6.07, 6.45) is 0. The van der Waals surface area contributed by atoms with Crippen molar-refractivity contribution in [3.8, 4) is 5.75 Å². The zero-order valence-electron chi connectivity index (χ0n) is 11.6. The normalized spacial score (nSPS) is 10.2. The molecule has 110 valence electrons. The third kappa shape index (κ3) is 3.97. The maximum atomic E-state index is 12.2. The molecule has 21 heavy (non-hydrogen) atoms. The summed E-state index contributed by atoms with van der Waals surface area (Å²) in [4.78, 5) is 12.2. The molecule has 0 heterocycles. The fourth-order valence-corrected chi connectivity index (χ4v) is 2.13. The molecular formula is C16H16ClNO3. The molecule has 0 fully saturated rings. The van der Waals surface area contributed by atoms with E-state index in [4.69, 9.17) is 21.4 Å². The van der Waals surface area contributed by atoms with Gasteiger partial charge in [0, 0.05) is 11.6 Å². The third-order valence-corrected chi connectivity index (χ3v) is 3.27. The van der Waals surface area contributed by atoms with Gasteiger partial charge in [-0.15, -0.1) is 0 Å². The van der Waals surface area contributed by atoms with Crippen LogP contribution in [0, 0.1) is 0 Å².